The van der Waals surface area contributed by atoms with E-state index in [1.165, 1.54) is 6.07 Å². The number of nitrogens with one attached hydrogen (secondary N) is 1. The number of para-hydroxylation sites is 1. The second kappa shape index (κ2) is 10.6. The minimum Gasteiger partial charge on any atom is -0.534 e. The first-order chi connectivity index (χ1) is 14.6. The Labute approximate surface area is 179 Å². The third-order valence-corrected chi connectivity index (χ3v) is 4.87. The first kappa shape index (κ1) is 24.6. The van der Waals surface area contributed by atoms with E-state index in [2.05, 4.69) is 5.32 Å². The highest BCUT2D eigenvalue weighted by atomic mass is 19.3. The van der Waals surface area contributed by atoms with E-state index >= 15 is 0 Å². The van der Waals surface area contributed by atoms with Crippen LogP contribution in [0.3, 0.4) is 0 Å². The van der Waals surface area contributed by atoms with Crippen molar-refractivity contribution in [3.05, 3.63) is 29.3 Å². The van der Waals surface area contributed by atoms with Crippen LogP contribution >= 0.6 is 0 Å². The lowest BCUT2D eigenvalue weighted by atomic mass is 9.72. The van der Waals surface area contributed by atoms with Gasteiger partial charge < -0.3 is 24.5 Å². The molecule has 11 heteroatoms. The summed E-state index contributed by atoms with van der Waals surface area (Å²) in [6.45, 7) is 3.76. The highest BCUT2D eigenvalue weighted by molar-refractivity contribution is 6.47. The van der Waals surface area contributed by atoms with Crippen molar-refractivity contribution in [3.8, 4) is 5.75 Å². The van der Waals surface area contributed by atoms with Gasteiger partial charge in [0.2, 0.25) is 12.7 Å². The number of amides is 1. The number of ether oxygens (including phenoxy) is 2. The van der Waals surface area contributed by atoms with E-state index in [0.29, 0.717) is 25.3 Å². The van der Waals surface area contributed by atoms with E-state index in [0.717, 1.165) is 0 Å². The lowest BCUT2D eigenvalue weighted by Crippen LogP contribution is -2.53. The number of carbonyl (C=O) groups is 3. The molecule has 0 saturated carbocycles. The fourth-order valence-electron chi connectivity index (χ4n) is 3.21. The second-order valence-electron chi connectivity index (χ2n) is 7.45. The van der Waals surface area contributed by atoms with Crippen LogP contribution in [0.25, 0.3) is 0 Å². The number of rotatable bonds is 9. The van der Waals surface area contributed by atoms with Gasteiger partial charge in [0.1, 0.15) is 11.3 Å². The number of hydrogen-bond donors (Lipinski definition) is 2. The van der Waals surface area contributed by atoms with E-state index in [-0.39, 0.29) is 23.7 Å². The molecular weight excluding hydrogens is 415 g/mol. The first-order valence-electron chi connectivity index (χ1n) is 10.0. The van der Waals surface area contributed by atoms with Gasteiger partial charge in [-0.3, -0.25) is 9.59 Å². The molecule has 1 amide bonds. The van der Waals surface area contributed by atoms with Gasteiger partial charge in [-0.1, -0.05) is 26.0 Å². The SMILES string of the molecule is CCC(CC)C(=O)OCOC(=O)c1cccc2c1OB(O)C(NC(=O)CC(C)(F)F)C2. The number of alkyl halides is 2. The van der Waals surface area contributed by atoms with E-state index < -0.39 is 50.0 Å². The van der Waals surface area contributed by atoms with E-state index in [1.807, 2.05) is 13.8 Å². The van der Waals surface area contributed by atoms with Crippen molar-refractivity contribution in [2.24, 2.45) is 5.92 Å². The number of carbonyl (C=O) groups excluding carboxylic acids is 3. The molecule has 0 radical (unpaired) electrons. The van der Waals surface area contributed by atoms with Gasteiger partial charge in [0, 0.05) is 0 Å². The van der Waals surface area contributed by atoms with Gasteiger partial charge in [0.05, 0.1) is 18.3 Å². The van der Waals surface area contributed by atoms with Crippen molar-refractivity contribution in [1.82, 2.24) is 5.32 Å². The summed E-state index contributed by atoms with van der Waals surface area (Å²) in [5.74, 6) is -6.59. The van der Waals surface area contributed by atoms with Crippen molar-refractivity contribution in [3.63, 3.8) is 0 Å². The Balaban J connectivity index is 2.01. The van der Waals surface area contributed by atoms with Crippen molar-refractivity contribution in [1.29, 1.82) is 0 Å². The summed E-state index contributed by atoms with van der Waals surface area (Å²) in [5, 5.41) is 12.5. The fraction of sp³-hybridized carbons (Fsp3) is 0.550. The molecule has 0 spiro atoms. The van der Waals surface area contributed by atoms with Crippen molar-refractivity contribution >= 4 is 25.0 Å². The van der Waals surface area contributed by atoms with Gasteiger partial charge in [-0.05, 0) is 37.8 Å². The highest BCUT2D eigenvalue weighted by Crippen LogP contribution is 2.31. The molecule has 31 heavy (non-hydrogen) atoms. The molecule has 0 bridgehead atoms. The Kier molecular flexibility index (Phi) is 8.38. The van der Waals surface area contributed by atoms with E-state index in [9.17, 15) is 28.2 Å². The zero-order valence-corrected chi connectivity index (χ0v) is 17.7. The molecule has 0 saturated heterocycles. The van der Waals surface area contributed by atoms with Crippen LogP contribution in [0, 0.1) is 5.92 Å². The predicted molar refractivity (Wildman–Crippen MR) is 106 cm³/mol. The summed E-state index contributed by atoms with van der Waals surface area (Å²) < 4.78 is 41.3. The number of halogens is 2. The van der Waals surface area contributed by atoms with Gasteiger partial charge in [-0.25, -0.2) is 13.6 Å². The second-order valence-corrected chi connectivity index (χ2v) is 7.45. The Morgan fingerprint density at radius 1 is 1.29 bits per heavy atom. The van der Waals surface area contributed by atoms with Crippen molar-refractivity contribution in [2.45, 2.75) is 58.3 Å². The lowest BCUT2D eigenvalue weighted by Gasteiger charge is -2.29. The molecule has 1 aliphatic rings. The van der Waals surface area contributed by atoms with Gasteiger partial charge in [-0.15, -0.1) is 0 Å². The number of hydrogen-bond acceptors (Lipinski definition) is 7. The van der Waals surface area contributed by atoms with Crippen LogP contribution in [0.1, 0.15) is 56.0 Å². The van der Waals surface area contributed by atoms with Crippen LogP contribution in [0.4, 0.5) is 8.78 Å². The quantitative estimate of drug-likeness (QED) is 0.344. The average molecular weight is 441 g/mol. The number of fused-ring (bicyclic) bond motifs is 1. The molecule has 1 unspecified atom stereocenters. The molecule has 1 heterocycles. The molecule has 1 aliphatic heterocycles. The molecule has 1 aromatic carbocycles. The summed E-state index contributed by atoms with van der Waals surface area (Å²) in [5.41, 5.74) is 0.474. The van der Waals surface area contributed by atoms with Crippen LogP contribution in [0.5, 0.6) is 5.75 Å². The van der Waals surface area contributed by atoms with Gasteiger partial charge >= 0.3 is 19.1 Å². The van der Waals surface area contributed by atoms with E-state index in [1.54, 1.807) is 12.1 Å². The molecular formula is C20H26BF2NO7. The third-order valence-electron chi connectivity index (χ3n) is 4.87. The Bertz CT molecular complexity index is 811. The first-order valence-corrected chi connectivity index (χ1v) is 10.0. The summed E-state index contributed by atoms with van der Waals surface area (Å²) in [7, 11) is -1.55. The number of esters is 2. The van der Waals surface area contributed by atoms with Gasteiger partial charge in [-0.2, -0.15) is 0 Å². The molecule has 8 nitrogen and oxygen atoms in total. The smallest absolute Gasteiger partial charge is 0.534 e. The van der Waals surface area contributed by atoms with Crippen LogP contribution in [-0.2, 0) is 25.5 Å². The predicted octanol–water partition coefficient (Wildman–Crippen LogP) is 2.27. The normalized spacial score (nSPS) is 15.7. The van der Waals surface area contributed by atoms with Crippen molar-refractivity contribution in [2.75, 3.05) is 6.79 Å². The zero-order chi connectivity index (χ0) is 23.2. The maximum atomic E-state index is 13.0. The van der Waals surface area contributed by atoms with Crippen molar-refractivity contribution < 1.29 is 42.3 Å². The largest absolute Gasteiger partial charge is 0.547 e. The summed E-state index contributed by atoms with van der Waals surface area (Å²) in [6, 6.07) is 4.57. The molecule has 0 fully saturated rings. The monoisotopic (exact) mass is 441 g/mol. The van der Waals surface area contributed by atoms with Crippen LogP contribution in [0.2, 0.25) is 0 Å². The Hall–Kier alpha value is -2.69. The summed E-state index contributed by atoms with van der Waals surface area (Å²) in [6.07, 6.45) is 0.247. The standard InChI is InChI=1S/C20H26BF2NO7/c1-4-12(5-2)18(26)29-11-30-19(27)14-8-6-7-13-9-15(21(28)31-17(13)14)24-16(25)10-20(3,22)23/h6-8,12,15,28H,4-5,9-11H2,1-3H3,(H,24,25). The minimum atomic E-state index is -3.18. The summed E-state index contributed by atoms with van der Waals surface area (Å²) >= 11 is 0. The maximum absolute atomic E-state index is 13.0. The molecule has 0 aliphatic carbocycles. The third kappa shape index (κ3) is 6.91. The number of benzene rings is 1. The summed E-state index contributed by atoms with van der Waals surface area (Å²) in [4.78, 5) is 36.0. The molecule has 1 aromatic rings. The molecule has 1 atom stereocenters. The topological polar surface area (TPSA) is 111 Å². The highest BCUT2D eigenvalue weighted by Gasteiger charge is 2.39. The lowest BCUT2D eigenvalue weighted by molar-refractivity contribution is -0.157. The molecule has 2 rings (SSSR count). The molecule has 2 N–H and O–H groups in total. The minimum absolute atomic E-state index is 0.0000000787. The Morgan fingerprint density at radius 3 is 2.58 bits per heavy atom. The van der Waals surface area contributed by atoms with Gasteiger partial charge in [0.25, 0.3) is 5.92 Å². The average Bonchev–Trinajstić information content (AvgIpc) is 2.67. The molecule has 0 aromatic heterocycles. The maximum Gasteiger partial charge on any atom is 0.547 e. The Morgan fingerprint density at radius 2 is 1.97 bits per heavy atom. The molecule has 170 valence electrons. The zero-order valence-electron chi connectivity index (χ0n) is 17.7. The van der Waals surface area contributed by atoms with E-state index in [4.69, 9.17) is 14.1 Å². The van der Waals surface area contributed by atoms with Gasteiger partial charge in [0.15, 0.2) is 0 Å². The fourth-order valence-corrected chi connectivity index (χ4v) is 3.21. The van der Waals surface area contributed by atoms with Crippen LogP contribution in [0.15, 0.2) is 18.2 Å². The van der Waals surface area contributed by atoms with Crippen LogP contribution in [-0.4, -0.2) is 48.6 Å². The van der Waals surface area contributed by atoms with Crippen LogP contribution < -0.4 is 9.97 Å².